The minimum Gasteiger partial charge on any atom is -0.481 e. The summed E-state index contributed by atoms with van der Waals surface area (Å²) in [5.41, 5.74) is 5.20. The molecule has 0 aromatic carbocycles. The van der Waals surface area contributed by atoms with Gasteiger partial charge in [0.15, 0.2) is 0 Å². The zero-order chi connectivity index (χ0) is 7.98. The first kappa shape index (κ1) is 9.52. The molecule has 0 spiro atoms. The van der Waals surface area contributed by atoms with Crippen molar-refractivity contribution in [3.05, 3.63) is 0 Å². The van der Waals surface area contributed by atoms with Gasteiger partial charge in [-0.1, -0.05) is 12.2 Å². The summed E-state index contributed by atoms with van der Waals surface area (Å²) in [6.45, 7) is 0.512. The van der Waals surface area contributed by atoms with Crippen molar-refractivity contribution in [3.8, 4) is 0 Å². The lowest BCUT2D eigenvalue weighted by Crippen LogP contribution is -2.07. The number of carboxylic acid groups (broad SMARTS) is 1. The van der Waals surface area contributed by atoms with Crippen molar-refractivity contribution in [3.63, 3.8) is 0 Å². The molecule has 0 saturated heterocycles. The fourth-order valence-corrected chi connectivity index (χ4v) is 0.752. The molecule has 10 heavy (non-hydrogen) atoms. The zero-order valence-corrected chi connectivity index (χ0v) is 6.49. The largest absolute Gasteiger partial charge is 0.481 e. The summed E-state index contributed by atoms with van der Waals surface area (Å²) in [4.78, 5) is 10.8. The molecule has 4 heteroatoms. The number of carboxylic acids is 1. The average molecular weight is 161 g/mol. The average Bonchev–Trinajstić information content (AvgIpc) is 1.85. The second-order valence-electron chi connectivity index (χ2n) is 1.97. The van der Waals surface area contributed by atoms with Gasteiger partial charge in [-0.2, -0.15) is 0 Å². The van der Waals surface area contributed by atoms with Crippen molar-refractivity contribution in [1.82, 2.24) is 0 Å². The molecule has 0 fully saturated rings. The van der Waals surface area contributed by atoms with Crippen LogP contribution < -0.4 is 5.73 Å². The first-order valence-corrected chi connectivity index (χ1v) is 3.51. The number of thiocarbonyl (C=S) groups is 1. The number of hydrogen-bond acceptors (Lipinski definition) is 3. The second-order valence-corrected chi connectivity index (χ2v) is 2.55. The van der Waals surface area contributed by atoms with Crippen LogP contribution in [0.25, 0.3) is 0 Å². The molecule has 0 aliphatic carbocycles. The Kier molecular flexibility index (Phi) is 5.06. The molecule has 0 bridgehead atoms. The van der Waals surface area contributed by atoms with Gasteiger partial charge < -0.3 is 10.8 Å². The Bertz CT molecular complexity index is 136. The number of hydrogen-bond donors (Lipinski definition) is 2. The van der Waals surface area contributed by atoms with Crippen LogP contribution in [0.1, 0.15) is 19.3 Å². The maximum atomic E-state index is 10.0. The minimum absolute atomic E-state index is 0.124. The predicted molar refractivity (Wildman–Crippen MR) is 43.1 cm³/mol. The van der Waals surface area contributed by atoms with Gasteiger partial charge in [0.2, 0.25) is 0 Å². The summed E-state index contributed by atoms with van der Waals surface area (Å²) in [6.07, 6.45) is 1.25. The van der Waals surface area contributed by atoms with Gasteiger partial charge in [0.05, 0.1) is 0 Å². The van der Waals surface area contributed by atoms with E-state index < -0.39 is 5.97 Å². The number of rotatable bonds is 5. The third-order valence-electron chi connectivity index (χ3n) is 1.04. The Balaban J connectivity index is 3.30. The van der Waals surface area contributed by atoms with E-state index in [4.69, 9.17) is 23.1 Å². The van der Waals surface area contributed by atoms with Crippen molar-refractivity contribution in [1.29, 1.82) is 0 Å². The monoisotopic (exact) mass is 161 g/mol. The van der Waals surface area contributed by atoms with Crippen LogP contribution in [0.4, 0.5) is 0 Å². The lowest BCUT2D eigenvalue weighted by molar-refractivity contribution is -0.136. The van der Waals surface area contributed by atoms with E-state index in [1.807, 2.05) is 0 Å². The van der Waals surface area contributed by atoms with Crippen molar-refractivity contribution < 1.29 is 9.90 Å². The van der Waals surface area contributed by atoms with E-state index in [1.54, 1.807) is 0 Å². The van der Waals surface area contributed by atoms with Crippen molar-refractivity contribution in [2.75, 3.05) is 6.54 Å². The van der Waals surface area contributed by atoms with Gasteiger partial charge in [0.1, 0.15) is 0 Å². The van der Waals surface area contributed by atoms with Crippen molar-refractivity contribution in [2.24, 2.45) is 5.73 Å². The lowest BCUT2D eigenvalue weighted by atomic mass is 10.2. The highest BCUT2D eigenvalue weighted by Crippen LogP contribution is 1.96. The van der Waals surface area contributed by atoms with Crippen molar-refractivity contribution >= 4 is 23.1 Å². The van der Waals surface area contributed by atoms with Gasteiger partial charge in [-0.15, -0.1) is 0 Å². The number of carbonyl (C=O) groups is 1. The van der Waals surface area contributed by atoms with E-state index in [9.17, 15) is 4.79 Å². The van der Waals surface area contributed by atoms with E-state index in [0.717, 1.165) is 4.86 Å². The molecule has 0 aromatic heterocycles. The molecule has 0 aliphatic heterocycles. The molecule has 0 aromatic rings. The van der Waals surface area contributed by atoms with Crippen LogP contribution in [0, 0.1) is 0 Å². The Labute approximate surface area is 65.2 Å². The van der Waals surface area contributed by atoms with Crippen LogP contribution in [-0.2, 0) is 4.79 Å². The van der Waals surface area contributed by atoms with Crippen LogP contribution in [0.2, 0.25) is 0 Å². The Morgan fingerprint density at radius 2 is 2.00 bits per heavy atom. The fraction of sp³-hybridized carbons (Fsp3) is 0.667. The molecule has 0 heterocycles. The summed E-state index contributed by atoms with van der Waals surface area (Å²) in [6, 6.07) is 0. The van der Waals surface area contributed by atoms with E-state index in [2.05, 4.69) is 0 Å². The van der Waals surface area contributed by atoms with E-state index in [1.165, 1.54) is 0 Å². The van der Waals surface area contributed by atoms with Gasteiger partial charge in [-0.25, -0.2) is 0 Å². The van der Waals surface area contributed by atoms with Gasteiger partial charge >= 0.3 is 5.97 Å². The summed E-state index contributed by atoms with van der Waals surface area (Å²) in [5, 5.41) is 8.24. The molecule has 3 nitrogen and oxygen atoms in total. The second kappa shape index (κ2) is 5.32. The van der Waals surface area contributed by atoms with Gasteiger partial charge in [-0.3, -0.25) is 4.79 Å². The molecule has 0 atom stereocenters. The molecular formula is C6H11NO2S. The van der Waals surface area contributed by atoms with Gasteiger partial charge in [-0.05, 0) is 24.3 Å². The van der Waals surface area contributed by atoms with Crippen LogP contribution in [0.15, 0.2) is 0 Å². The van der Waals surface area contributed by atoms with Crippen LogP contribution in [-0.4, -0.2) is 22.5 Å². The maximum Gasteiger partial charge on any atom is 0.303 e. The van der Waals surface area contributed by atoms with Crippen molar-refractivity contribution in [2.45, 2.75) is 19.3 Å². The number of nitrogens with two attached hydrogens (primary N) is 1. The molecule has 0 radical (unpaired) electrons. The normalized spacial score (nSPS) is 9.30. The van der Waals surface area contributed by atoms with E-state index in [0.29, 0.717) is 19.4 Å². The Morgan fingerprint density at radius 1 is 1.40 bits per heavy atom. The minimum atomic E-state index is -0.806. The molecular weight excluding hydrogens is 150 g/mol. The maximum absolute atomic E-state index is 10.0. The Morgan fingerprint density at radius 3 is 2.40 bits per heavy atom. The predicted octanol–water partition coefficient (Wildman–Crippen LogP) is 0.570. The summed E-state index contributed by atoms with van der Waals surface area (Å²) < 4.78 is 0. The van der Waals surface area contributed by atoms with Gasteiger partial charge in [0, 0.05) is 6.42 Å². The summed E-state index contributed by atoms with van der Waals surface area (Å²) >= 11 is 4.83. The third kappa shape index (κ3) is 5.65. The molecule has 0 unspecified atom stereocenters. The molecule has 0 aliphatic rings. The summed E-state index contributed by atoms with van der Waals surface area (Å²) in [7, 11) is 0. The van der Waals surface area contributed by atoms with Gasteiger partial charge in [0.25, 0.3) is 0 Å². The molecule has 0 amide bonds. The van der Waals surface area contributed by atoms with E-state index in [-0.39, 0.29) is 6.42 Å². The Hall–Kier alpha value is -0.480. The molecule has 3 N–H and O–H groups in total. The highest BCUT2D eigenvalue weighted by atomic mass is 32.1. The highest BCUT2D eigenvalue weighted by Gasteiger charge is 1.99. The third-order valence-corrected chi connectivity index (χ3v) is 1.45. The lowest BCUT2D eigenvalue weighted by Gasteiger charge is -1.96. The molecule has 0 saturated carbocycles. The fourth-order valence-electron chi connectivity index (χ4n) is 0.532. The quantitative estimate of drug-likeness (QED) is 0.579. The molecule has 0 rings (SSSR count). The number of aliphatic carboxylic acids is 1. The van der Waals surface area contributed by atoms with E-state index >= 15 is 0 Å². The summed E-state index contributed by atoms with van der Waals surface area (Å²) in [5.74, 6) is -0.806. The zero-order valence-electron chi connectivity index (χ0n) is 5.67. The first-order valence-electron chi connectivity index (χ1n) is 3.10. The van der Waals surface area contributed by atoms with Crippen LogP contribution >= 0.6 is 12.2 Å². The van der Waals surface area contributed by atoms with Crippen LogP contribution in [0.3, 0.4) is 0 Å². The SMILES string of the molecule is NCCC(=S)CCC(=O)O. The standard InChI is InChI=1S/C6H11NO2S/c7-4-3-5(10)1-2-6(8)9/h1-4,7H2,(H,8,9). The highest BCUT2D eigenvalue weighted by molar-refractivity contribution is 7.80. The topological polar surface area (TPSA) is 63.3 Å². The first-order chi connectivity index (χ1) is 4.66. The smallest absolute Gasteiger partial charge is 0.303 e. The van der Waals surface area contributed by atoms with Crippen LogP contribution in [0.5, 0.6) is 0 Å². The molecule has 58 valence electrons.